The highest BCUT2D eigenvalue weighted by Crippen LogP contribution is 2.34. The molecule has 0 saturated carbocycles. The van der Waals surface area contributed by atoms with Crippen molar-refractivity contribution in [2.24, 2.45) is 0 Å². The van der Waals surface area contributed by atoms with E-state index in [9.17, 15) is 8.42 Å². The lowest BCUT2D eigenvalue weighted by atomic mass is 10.0. The van der Waals surface area contributed by atoms with Gasteiger partial charge in [-0.15, -0.1) is 0 Å². The molecule has 0 amide bonds. The van der Waals surface area contributed by atoms with Crippen molar-refractivity contribution in [3.05, 3.63) is 5.69 Å². The molecule has 1 aromatic rings. The standard InChI is InChI=1S/C11H19N3O2S2/c1-7-5-4-6-8(2)14(7)18(15,16)10-9(3)13-11(12)17-10/h7-8H,4-6H2,1-3H3,(H2,12,13)/t7-,8+. The predicted octanol–water partition coefficient (Wildman–Crippen LogP) is 1.99. The van der Waals surface area contributed by atoms with Crippen LogP contribution in [0.2, 0.25) is 0 Å². The van der Waals surface area contributed by atoms with Crippen molar-refractivity contribution in [2.45, 2.75) is 56.3 Å². The van der Waals surface area contributed by atoms with E-state index in [1.165, 1.54) is 0 Å². The lowest BCUT2D eigenvalue weighted by molar-refractivity contribution is 0.204. The highest BCUT2D eigenvalue weighted by molar-refractivity contribution is 7.91. The van der Waals surface area contributed by atoms with Gasteiger partial charge in [0, 0.05) is 12.1 Å². The Kier molecular flexibility index (Phi) is 3.66. The normalized spacial score (nSPS) is 26.4. The number of thiazole rings is 1. The zero-order chi connectivity index (χ0) is 13.5. The number of aryl methyl sites for hydroxylation is 1. The highest BCUT2D eigenvalue weighted by Gasteiger charge is 2.37. The number of nitrogens with zero attached hydrogens (tertiary/aromatic N) is 2. The second kappa shape index (κ2) is 4.79. The lowest BCUT2D eigenvalue weighted by Gasteiger charge is -2.37. The quantitative estimate of drug-likeness (QED) is 0.903. The Morgan fingerprint density at radius 1 is 1.33 bits per heavy atom. The van der Waals surface area contributed by atoms with E-state index in [-0.39, 0.29) is 12.1 Å². The van der Waals surface area contributed by atoms with Gasteiger partial charge in [0.2, 0.25) is 0 Å². The molecule has 1 aliphatic rings. The van der Waals surface area contributed by atoms with Crippen LogP contribution in [-0.4, -0.2) is 29.8 Å². The van der Waals surface area contributed by atoms with Crippen LogP contribution in [-0.2, 0) is 10.0 Å². The molecule has 1 aliphatic heterocycles. The molecule has 0 radical (unpaired) electrons. The van der Waals surface area contributed by atoms with Crippen LogP contribution in [0.3, 0.4) is 0 Å². The molecular formula is C11H19N3O2S2. The zero-order valence-electron chi connectivity index (χ0n) is 10.9. The van der Waals surface area contributed by atoms with E-state index in [0.717, 1.165) is 30.6 Å². The minimum absolute atomic E-state index is 0.0430. The van der Waals surface area contributed by atoms with E-state index in [2.05, 4.69) is 4.98 Å². The van der Waals surface area contributed by atoms with Gasteiger partial charge in [0.1, 0.15) is 0 Å². The number of hydrogen-bond acceptors (Lipinski definition) is 5. The summed E-state index contributed by atoms with van der Waals surface area (Å²) < 4.78 is 27.3. The number of piperidine rings is 1. The van der Waals surface area contributed by atoms with Gasteiger partial charge in [-0.1, -0.05) is 17.8 Å². The molecule has 0 aromatic carbocycles. The average Bonchev–Trinajstić information content (AvgIpc) is 2.57. The Labute approximate surface area is 112 Å². The molecule has 1 aromatic heterocycles. The van der Waals surface area contributed by atoms with Gasteiger partial charge in [0.25, 0.3) is 10.0 Å². The van der Waals surface area contributed by atoms with Crippen molar-refractivity contribution < 1.29 is 8.42 Å². The Morgan fingerprint density at radius 2 is 1.89 bits per heavy atom. The zero-order valence-corrected chi connectivity index (χ0v) is 12.5. The summed E-state index contributed by atoms with van der Waals surface area (Å²) in [6.45, 7) is 5.62. The van der Waals surface area contributed by atoms with Gasteiger partial charge < -0.3 is 5.73 Å². The van der Waals surface area contributed by atoms with E-state index in [4.69, 9.17) is 5.73 Å². The van der Waals surface area contributed by atoms with Gasteiger partial charge in [-0.3, -0.25) is 0 Å². The third kappa shape index (κ3) is 2.26. The topological polar surface area (TPSA) is 76.3 Å². The first-order chi connectivity index (χ1) is 8.34. The molecule has 2 heterocycles. The summed E-state index contributed by atoms with van der Waals surface area (Å²) in [5.41, 5.74) is 6.10. The van der Waals surface area contributed by atoms with Gasteiger partial charge in [-0.05, 0) is 33.6 Å². The molecule has 1 saturated heterocycles. The number of rotatable bonds is 2. The minimum atomic E-state index is -3.46. The van der Waals surface area contributed by atoms with E-state index in [1.54, 1.807) is 11.2 Å². The van der Waals surface area contributed by atoms with Gasteiger partial charge in [0.15, 0.2) is 9.34 Å². The van der Waals surface area contributed by atoms with Crippen molar-refractivity contribution in [3.8, 4) is 0 Å². The molecule has 5 nitrogen and oxygen atoms in total. The number of nitrogens with two attached hydrogens (primary N) is 1. The summed E-state index contributed by atoms with van der Waals surface area (Å²) in [6, 6.07) is 0.0861. The van der Waals surface area contributed by atoms with Crippen molar-refractivity contribution >= 4 is 26.5 Å². The van der Waals surface area contributed by atoms with Gasteiger partial charge in [-0.2, -0.15) is 4.31 Å². The third-order valence-corrected chi connectivity index (χ3v) is 7.10. The fourth-order valence-electron chi connectivity index (χ4n) is 2.61. The monoisotopic (exact) mass is 289 g/mol. The number of nitrogen functional groups attached to an aromatic ring is 1. The van der Waals surface area contributed by atoms with Gasteiger partial charge in [-0.25, -0.2) is 13.4 Å². The van der Waals surface area contributed by atoms with Gasteiger partial charge >= 0.3 is 0 Å². The fourth-order valence-corrected chi connectivity index (χ4v) is 5.88. The predicted molar refractivity (Wildman–Crippen MR) is 73.1 cm³/mol. The van der Waals surface area contributed by atoms with Crippen molar-refractivity contribution in [1.29, 1.82) is 0 Å². The summed E-state index contributed by atoms with van der Waals surface area (Å²) in [4.78, 5) is 4.01. The Hall–Kier alpha value is -0.660. The molecular weight excluding hydrogens is 270 g/mol. The van der Waals surface area contributed by atoms with Crippen LogP contribution in [0.25, 0.3) is 0 Å². The summed E-state index contributed by atoms with van der Waals surface area (Å²) in [7, 11) is -3.46. The van der Waals surface area contributed by atoms with Crippen molar-refractivity contribution in [3.63, 3.8) is 0 Å². The van der Waals surface area contributed by atoms with E-state index >= 15 is 0 Å². The summed E-state index contributed by atoms with van der Waals surface area (Å²) in [5, 5.41) is 0.309. The van der Waals surface area contributed by atoms with Crippen LogP contribution < -0.4 is 5.73 Å². The fraction of sp³-hybridized carbons (Fsp3) is 0.727. The van der Waals surface area contributed by atoms with Crippen LogP contribution in [0.15, 0.2) is 4.21 Å². The first-order valence-electron chi connectivity index (χ1n) is 6.10. The molecule has 0 aliphatic carbocycles. The number of aromatic nitrogens is 1. The maximum atomic E-state index is 12.7. The molecule has 102 valence electrons. The van der Waals surface area contributed by atoms with Crippen LogP contribution in [0.4, 0.5) is 5.13 Å². The van der Waals surface area contributed by atoms with Crippen LogP contribution >= 0.6 is 11.3 Å². The average molecular weight is 289 g/mol. The SMILES string of the molecule is Cc1nc(N)sc1S(=O)(=O)N1[C@H](C)CCC[C@@H]1C. The molecule has 2 rings (SSSR count). The number of anilines is 1. The van der Waals surface area contributed by atoms with Crippen LogP contribution in [0.5, 0.6) is 0 Å². The summed E-state index contributed by atoms with van der Waals surface area (Å²) >= 11 is 1.06. The Morgan fingerprint density at radius 3 is 2.33 bits per heavy atom. The first kappa shape index (κ1) is 13.8. The number of sulfonamides is 1. The van der Waals surface area contributed by atoms with Gasteiger partial charge in [0.05, 0.1) is 5.69 Å². The Bertz CT molecular complexity index is 528. The van der Waals surface area contributed by atoms with E-state index in [0.29, 0.717) is 15.0 Å². The molecule has 0 bridgehead atoms. The molecule has 2 N–H and O–H groups in total. The molecule has 1 fully saturated rings. The minimum Gasteiger partial charge on any atom is -0.375 e. The second-order valence-corrected chi connectivity index (χ2v) is 7.96. The first-order valence-corrected chi connectivity index (χ1v) is 8.36. The third-order valence-electron chi connectivity index (χ3n) is 3.40. The Balaban J connectivity index is 2.44. The molecule has 0 spiro atoms. The van der Waals surface area contributed by atoms with Crippen molar-refractivity contribution in [2.75, 3.05) is 5.73 Å². The largest absolute Gasteiger partial charge is 0.375 e. The lowest BCUT2D eigenvalue weighted by Crippen LogP contribution is -2.47. The smallest absolute Gasteiger partial charge is 0.254 e. The van der Waals surface area contributed by atoms with E-state index in [1.807, 2.05) is 13.8 Å². The van der Waals surface area contributed by atoms with E-state index < -0.39 is 10.0 Å². The molecule has 18 heavy (non-hydrogen) atoms. The second-order valence-electron chi connectivity index (χ2n) is 4.89. The number of hydrogen-bond donors (Lipinski definition) is 1. The maximum Gasteiger partial charge on any atom is 0.254 e. The van der Waals surface area contributed by atoms with Crippen LogP contribution in [0.1, 0.15) is 38.8 Å². The van der Waals surface area contributed by atoms with Crippen molar-refractivity contribution in [1.82, 2.24) is 9.29 Å². The maximum absolute atomic E-state index is 12.7. The molecule has 7 heteroatoms. The summed E-state index contributed by atoms with van der Waals surface area (Å²) in [6.07, 6.45) is 2.91. The molecule has 2 atom stereocenters. The van der Waals surface area contributed by atoms with Crippen LogP contribution in [0, 0.1) is 6.92 Å². The highest BCUT2D eigenvalue weighted by atomic mass is 32.2. The summed E-state index contributed by atoms with van der Waals surface area (Å²) in [5.74, 6) is 0. The molecule has 0 unspecified atom stereocenters.